The van der Waals surface area contributed by atoms with Crippen molar-refractivity contribution >= 4 is 17.5 Å². The molecule has 0 bridgehead atoms. The summed E-state index contributed by atoms with van der Waals surface area (Å²) in [6, 6.07) is 16.5. The van der Waals surface area contributed by atoms with Gasteiger partial charge in [0.25, 0.3) is 5.91 Å². The predicted octanol–water partition coefficient (Wildman–Crippen LogP) is 3.11. The average Bonchev–Trinajstić information content (AvgIpc) is 3.26. The summed E-state index contributed by atoms with van der Waals surface area (Å²) in [6.45, 7) is 1.58. The molecule has 2 N–H and O–H groups in total. The van der Waals surface area contributed by atoms with Gasteiger partial charge in [0.15, 0.2) is 0 Å². The molecule has 7 nitrogen and oxygen atoms in total. The highest BCUT2D eigenvalue weighted by atomic mass is 16.5. The van der Waals surface area contributed by atoms with Crippen LogP contribution in [0, 0.1) is 0 Å². The lowest BCUT2D eigenvalue weighted by Gasteiger charge is -2.09. The first-order valence-electron chi connectivity index (χ1n) is 9.52. The van der Waals surface area contributed by atoms with Gasteiger partial charge in [0.05, 0.1) is 12.9 Å². The number of imidazole rings is 1. The van der Waals surface area contributed by atoms with Gasteiger partial charge in [0.2, 0.25) is 5.91 Å². The fourth-order valence-corrected chi connectivity index (χ4v) is 2.69. The first kappa shape index (κ1) is 20.1. The summed E-state index contributed by atoms with van der Waals surface area (Å²) in [4.78, 5) is 28.4. The quantitative estimate of drug-likeness (QED) is 0.519. The molecule has 3 rings (SSSR count). The highest BCUT2D eigenvalue weighted by molar-refractivity contribution is 5.97. The number of rotatable bonds is 10. The number of hydrogen-bond donors (Lipinski definition) is 2. The van der Waals surface area contributed by atoms with E-state index in [1.807, 2.05) is 41.1 Å². The number of carbonyl (C=O) groups is 2. The van der Waals surface area contributed by atoms with Crippen molar-refractivity contribution < 1.29 is 14.3 Å². The molecule has 0 atom stereocenters. The zero-order valence-electron chi connectivity index (χ0n) is 16.1. The molecular weight excluding hydrogens is 368 g/mol. The maximum absolute atomic E-state index is 12.3. The molecule has 0 saturated heterocycles. The standard InChI is InChI=1S/C22H24N4O3/c27-21(10-13-26-14-12-23-17-26)25-19-7-4-6-18(16-19)22(28)24-11-5-15-29-20-8-2-1-3-9-20/h1-4,6-9,12,14,16-17H,5,10-11,13,15H2,(H,24,28)(H,25,27). The number of aromatic nitrogens is 2. The second-order valence-corrected chi connectivity index (χ2v) is 6.45. The van der Waals surface area contributed by atoms with Gasteiger partial charge in [-0.1, -0.05) is 24.3 Å². The second kappa shape index (κ2) is 10.7. The number of aryl methyl sites for hydroxylation is 1. The van der Waals surface area contributed by atoms with E-state index in [0.717, 1.165) is 5.75 Å². The van der Waals surface area contributed by atoms with E-state index < -0.39 is 0 Å². The third-order valence-electron chi connectivity index (χ3n) is 4.18. The van der Waals surface area contributed by atoms with Gasteiger partial charge < -0.3 is 19.9 Å². The second-order valence-electron chi connectivity index (χ2n) is 6.45. The Morgan fingerprint density at radius 1 is 1.07 bits per heavy atom. The Morgan fingerprint density at radius 2 is 1.93 bits per heavy atom. The number of amides is 2. The van der Waals surface area contributed by atoms with Gasteiger partial charge >= 0.3 is 0 Å². The van der Waals surface area contributed by atoms with E-state index in [-0.39, 0.29) is 11.8 Å². The Bertz CT molecular complexity index is 911. The number of benzene rings is 2. The Balaban J connectivity index is 1.39. The van der Waals surface area contributed by atoms with Gasteiger partial charge in [-0.25, -0.2) is 4.98 Å². The number of para-hydroxylation sites is 1. The Labute approximate surface area is 169 Å². The zero-order valence-corrected chi connectivity index (χ0v) is 16.1. The molecule has 0 aliphatic carbocycles. The van der Waals surface area contributed by atoms with Gasteiger partial charge in [-0.2, -0.15) is 0 Å². The number of carbonyl (C=O) groups excluding carboxylic acids is 2. The minimum absolute atomic E-state index is 0.116. The Morgan fingerprint density at radius 3 is 2.72 bits per heavy atom. The number of ether oxygens (including phenoxy) is 1. The van der Waals surface area contributed by atoms with Crippen LogP contribution in [0.25, 0.3) is 0 Å². The van der Waals surface area contributed by atoms with Crippen LogP contribution in [0.4, 0.5) is 5.69 Å². The number of nitrogens with zero attached hydrogens (tertiary/aromatic N) is 2. The molecule has 0 spiro atoms. The first-order chi connectivity index (χ1) is 14.2. The maximum atomic E-state index is 12.3. The summed E-state index contributed by atoms with van der Waals surface area (Å²) in [5.74, 6) is 0.517. The highest BCUT2D eigenvalue weighted by Gasteiger charge is 2.08. The first-order valence-corrected chi connectivity index (χ1v) is 9.52. The summed E-state index contributed by atoms with van der Waals surface area (Å²) < 4.78 is 7.44. The van der Waals surface area contributed by atoms with Crippen LogP contribution in [0.15, 0.2) is 73.3 Å². The summed E-state index contributed by atoms with van der Waals surface area (Å²) in [7, 11) is 0. The number of anilines is 1. The van der Waals surface area contributed by atoms with E-state index >= 15 is 0 Å². The predicted molar refractivity (Wildman–Crippen MR) is 111 cm³/mol. The summed E-state index contributed by atoms with van der Waals surface area (Å²) in [6.07, 6.45) is 6.18. The van der Waals surface area contributed by atoms with Crippen molar-refractivity contribution in [3.05, 3.63) is 78.9 Å². The third-order valence-corrected chi connectivity index (χ3v) is 4.18. The molecular formula is C22H24N4O3. The molecule has 3 aromatic rings. The largest absolute Gasteiger partial charge is 0.494 e. The van der Waals surface area contributed by atoms with Crippen molar-refractivity contribution in [2.24, 2.45) is 0 Å². The fourth-order valence-electron chi connectivity index (χ4n) is 2.69. The minimum Gasteiger partial charge on any atom is -0.494 e. The van der Waals surface area contributed by atoms with Crippen LogP contribution in [-0.4, -0.2) is 34.5 Å². The average molecular weight is 392 g/mol. The molecule has 1 heterocycles. The van der Waals surface area contributed by atoms with E-state index in [1.165, 1.54) is 0 Å². The van der Waals surface area contributed by atoms with Crippen molar-refractivity contribution in [3.63, 3.8) is 0 Å². The molecule has 150 valence electrons. The van der Waals surface area contributed by atoms with Crippen molar-refractivity contribution in [1.82, 2.24) is 14.9 Å². The topological polar surface area (TPSA) is 85.2 Å². The minimum atomic E-state index is -0.181. The van der Waals surface area contributed by atoms with Crippen LogP contribution in [0.5, 0.6) is 5.75 Å². The molecule has 0 aliphatic rings. The molecule has 1 aromatic heterocycles. The van der Waals surface area contributed by atoms with Gasteiger partial charge in [-0.15, -0.1) is 0 Å². The lowest BCUT2D eigenvalue weighted by molar-refractivity contribution is -0.116. The molecule has 29 heavy (non-hydrogen) atoms. The molecule has 7 heteroatoms. The summed E-state index contributed by atoms with van der Waals surface area (Å²) in [5, 5.41) is 5.69. The number of hydrogen-bond acceptors (Lipinski definition) is 4. The van der Waals surface area contributed by atoms with Crippen LogP contribution in [0.1, 0.15) is 23.2 Å². The van der Waals surface area contributed by atoms with E-state index in [0.29, 0.717) is 43.8 Å². The van der Waals surface area contributed by atoms with Crippen molar-refractivity contribution in [2.45, 2.75) is 19.4 Å². The lowest BCUT2D eigenvalue weighted by Crippen LogP contribution is -2.25. The molecule has 2 amide bonds. The molecule has 0 fully saturated rings. The van der Waals surface area contributed by atoms with Crippen LogP contribution in [-0.2, 0) is 11.3 Å². The van der Waals surface area contributed by atoms with E-state index in [9.17, 15) is 9.59 Å². The smallest absolute Gasteiger partial charge is 0.251 e. The van der Waals surface area contributed by atoms with Gasteiger partial charge in [0, 0.05) is 43.2 Å². The van der Waals surface area contributed by atoms with Crippen LogP contribution >= 0.6 is 0 Å². The third kappa shape index (κ3) is 6.80. The summed E-state index contributed by atoms with van der Waals surface area (Å²) in [5.41, 5.74) is 1.10. The van der Waals surface area contributed by atoms with E-state index in [2.05, 4.69) is 15.6 Å². The van der Waals surface area contributed by atoms with E-state index in [1.54, 1.807) is 36.8 Å². The zero-order chi connectivity index (χ0) is 20.3. The van der Waals surface area contributed by atoms with Crippen LogP contribution < -0.4 is 15.4 Å². The Hall–Kier alpha value is -3.61. The lowest BCUT2D eigenvalue weighted by atomic mass is 10.2. The monoisotopic (exact) mass is 392 g/mol. The molecule has 0 radical (unpaired) electrons. The van der Waals surface area contributed by atoms with Gasteiger partial charge in [-0.05, 0) is 36.8 Å². The molecule has 2 aromatic carbocycles. The molecule has 0 unspecified atom stereocenters. The number of nitrogens with one attached hydrogen (secondary N) is 2. The summed E-state index contributed by atoms with van der Waals surface area (Å²) >= 11 is 0. The van der Waals surface area contributed by atoms with Crippen molar-refractivity contribution in [1.29, 1.82) is 0 Å². The fraction of sp³-hybridized carbons (Fsp3) is 0.227. The van der Waals surface area contributed by atoms with Crippen molar-refractivity contribution in [3.8, 4) is 5.75 Å². The SMILES string of the molecule is O=C(CCn1ccnc1)Nc1cccc(C(=O)NCCCOc2ccccc2)c1. The van der Waals surface area contributed by atoms with Crippen LogP contribution in [0.2, 0.25) is 0 Å². The molecule has 0 aliphatic heterocycles. The van der Waals surface area contributed by atoms with Gasteiger partial charge in [-0.3, -0.25) is 9.59 Å². The molecule has 0 saturated carbocycles. The maximum Gasteiger partial charge on any atom is 0.251 e. The Kier molecular flexibility index (Phi) is 7.40. The normalized spacial score (nSPS) is 10.3. The van der Waals surface area contributed by atoms with E-state index in [4.69, 9.17) is 4.74 Å². The highest BCUT2D eigenvalue weighted by Crippen LogP contribution is 2.12. The van der Waals surface area contributed by atoms with Crippen LogP contribution in [0.3, 0.4) is 0 Å². The van der Waals surface area contributed by atoms with Crippen molar-refractivity contribution in [2.75, 3.05) is 18.5 Å². The van der Waals surface area contributed by atoms with Gasteiger partial charge in [0.1, 0.15) is 5.75 Å².